The van der Waals surface area contributed by atoms with E-state index in [2.05, 4.69) is 33.5 Å². The summed E-state index contributed by atoms with van der Waals surface area (Å²) in [7, 11) is 1.88. The Morgan fingerprint density at radius 1 is 1.13 bits per heavy atom. The molecule has 192 valence electrons. The van der Waals surface area contributed by atoms with Gasteiger partial charge in [0.25, 0.3) is 5.56 Å². The lowest BCUT2D eigenvalue weighted by atomic mass is 9.85. The van der Waals surface area contributed by atoms with Crippen molar-refractivity contribution in [2.75, 3.05) is 17.7 Å². The number of aromatic nitrogens is 4. The molecule has 4 heterocycles. The van der Waals surface area contributed by atoms with Crippen molar-refractivity contribution in [3.63, 3.8) is 0 Å². The lowest BCUT2D eigenvalue weighted by Gasteiger charge is -2.34. The van der Waals surface area contributed by atoms with E-state index >= 15 is 0 Å². The molecule has 6 rings (SSSR count). The second kappa shape index (κ2) is 9.41. The van der Waals surface area contributed by atoms with Gasteiger partial charge in [-0.05, 0) is 60.6 Å². The Bertz CT molecular complexity index is 1570. The van der Waals surface area contributed by atoms with Crippen LogP contribution in [-0.2, 0) is 24.2 Å². The minimum atomic E-state index is -0.598. The first-order chi connectivity index (χ1) is 18.4. The smallest absolute Gasteiger partial charge is 0.294 e. The van der Waals surface area contributed by atoms with Gasteiger partial charge >= 0.3 is 0 Å². The maximum absolute atomic E-state index is 13.9. The van der Waals surface area contributed by atoms with Crippen LogP contribution in [0, 0.1) is 6.92 Å². The van der Waals surface area contributed by atoms with Gasteiger partial charge < -0.3 is 16.0 Å². The summed E-state index contributed by atoms with van der Waals surface area (Å²) in [6, 6.07) is 15.0. The number of nitrogens with zero attached hydrogens (tertiary/aromatic N) is 5. The van der Waals surface area contributed by atoms with E-state index in [4.69, 9.17) is 10.7 Å². The standard InChI is InChI=1S/C29H29N7O2/c1-17-20(9-12-24(30)34-17)15-33-28(37)23-11-10-21-16-32-27(29(38)36(21)23)35(2)26-22-8-4-3-6-18(22)14-19-7-5-13-31-25(19)26/h3-9,12-13,16,23,26H,10-11,14-15H2,1-2H3,(H2,30,34)(H,33,37)/t23-,26?/m0/s1. The van der Waals surface area contributed by atoms with Crippen molar-refractivity contribution in [2.45, 2.75) is 44.8 Å². The molecule has 9 nitrogen and oxygen atoms in total. The molecule has 4 aromatic rings. The first kappa shape index (κ1) is 23.8. The summed E-state index contributed by atoms with van der Waals surface area (Å²) in [6.07, 6.45) is 5.47. The quantitative estimate of drug-likeness (QED) is 0.426. The van der Waals surface area contributed by atoms with Crippen molar-refractivity contribution in [2.24, 2.45) is 0 Å². The molecular weight excluding hydrogens is 478 g/mol. The molecule has 1 unspecified atom stereocenters. The molecule has 2 aliphatic rings. The number of nitrogens with one attached hydrogen (secondary N) is 1. The first-order valence-corrected chi connectivity index (χ1v) is 12.8. The number of aryl methyl sites for hydroxylation is 2. The molecule has 0 fully saturated rings. The third kappa shape index (κ3) is 4.00. The fourth-order valence-electron chi connectivity index (χ4n) is 5.69. The Hall–Kier alpha value is -4.53. The number of fused-ring (bicyclic) bond motifs is 3. The lowest BCUT2D eigenvalue weighted by Crippen LogP contribution is -2.40. The van der Waals surface area contributed by atoms with Gasteiger partial charge in [-0.1, -0.05) is 36.4 Å². The highest BCUT2D eigenvalue weighted by Gasteiger charge is 2.35. The van der Waals surface area contributed by atoms with Crippen LogP contribution >= 0.6 is 0 Å². The summed E-state index contributed by atoms with van der Waals surface area (Å²) in [5.41, 5.74) is 12.3. The maximum Gasteiger partial charge on any atom is 0.294 e. The number of benzene rings is 1. The van der Waals surface area contributed by atoms with Crippen LogP contribution in [0.4, 0.5) is 11.6 Å². The zero-order valence-corrected chi connectivity index (χ0v) is 21.4. The highest BCUT2D eigenvalue weighted by molar-refractivity contribution is 5.81. The number of anilines is 2. The molecule has 1 aliphatic carbocycles. The van der Waals surface area contributed by atoms with Gasteiger partial charge in [0.05, 0.1) is 11.7 Å². The van der Waals surface area contributed by atoms with Crippen LogP contribution in [-0.4, -0.2) is 32.5 Å². The molecule has 2 atom stereocenters. The van der Waals surface area contributed by atoms with Gasteiger partial charge in [0.1, 0.15) is 11.9 Å². The molecule has 3 N–H and O–H groups in total. The Labute approximate surface area is 220 Å². The average Bonchev–Trinajstić information content (AvgIpc) is 3.36. The number of nitrogens with two attached hydrogens (primary N) is 1. The first-order valence-electron chi connectivity index (χ1n) is 12.8. The second-order valence-electron chi connectivity index (χ2n) is 9.94. The zero-order valence-electron chi connectivity index (χ0n) is 21.4. The monoisotopic (exact) mass is 507 g/mol. The highest BCUT2D eigenvalue weighted by Crippen LogP contribution is 2.38. The number of carbonyl (C=O) groups is 1. The Kier molecular flexibility index (Phi) is 5.90. The topological polar surface area (TPSA) is 119 Å². The van der Waals surface area contributed by atoms with E-state index in [9.17, 15) is 9.59 Å². The van der Waals surface area contributed by atoms with Crippen LogP contribution in [0.25, 0.3) is 0 Å². The third-order valence-corrected chi connectivity index (χ3v) is 7.65. The van der Waals surface area contributed by atoms with Crippen molar-refractivity contribution in [3.8, 4) is 0 Å². The molecule has 3 aromatic heterocycles. The number of amides is 1. The van der Waals surface area contributed by atoms with Crippen molar-refractivity contribution >= 4 is 17.5 Å². The van der Waals surface area contributed by atoms with E-state index in [-0.39, 0.29) is 17.5 Å². The predicted octanol–water partition coefficient (Wildman–Crippen LogP) is 2.86. The molecule has 1 aromatic carbocycles. The molecular formula is C29H29N7O2. The highest BCUT2D eigenvalue weighted by atomic mass is 16.2. The molecule has 9 heteroatoms. The van der Waals surface area contributed by atoms with E-state index in [1.165, 1.54) is 5.56 Å². The molecule has 0 spiro atoms. The Morgan fingerprint density at radius 2 is 1.95 bits per heavy atom. The van der Waals surface area contributed by atoms with Gasteiger partial charge in [0.2, 0.25) is 5.91 Å². The molecule has 0 bridgehead atoms. The number of hydrogen-bond acceptors (Lipinski definition) is 7. The average molecular weight is 508 g/mol. The zero-order chi connectivity index (χ0) is 26.4. The summed E-state index contributed by atoms with van der Waals surface area (Å²) in [5, 5.41) is 2.98. The Morgan fingerprint density at radius 3 is 2.79 bits per heavy atom. The van der Waals surface area contributed by atoms with Crippen LogP contribution in [0.15, 0.2) is 65.7 Å². The molecule has 0 radical (unpaired) electrons. The van der Waals surface area contributed by atoms with E-state index in [0.717, 1.165) is 40.2 Å². The van der Waals surface area contributed by atoms with E-state index in [0.29, 0.717) is 31.0 Å². The normalized spacial score (nSPS) is 17.3. The van der Waals surface area contributed by atoms with Crippen LogP contribution in [0.5, 0.6) is 0 Å². The number of pyridine rings is 2. The fourth-order valence-corrected chi connectivity index (χ4v) is 5.69. The fraction of sp³-hybridized carbons (Fsp3) is 0.276. The maximum atomic E-state index is 13.9. The van der Waals surface area contributed by atoms with E-state index in [1.54, 1.807) is 23.0 Å². The van der Waals surface area contributed by atoms with Gasteiger partial charge in [0, 0.05) is 37.4 Å². The summed E-state index contributed by atoms with van der Waals surface area (Å²) in [6.45, 7) is 2.18. The van der Waals surface area contributed by atoms with Crippen LogP contribution in [0.1, 0.15) is 57.8 Å². The summed E-state index contributed by atoms with van der Waals surface area (Å²) < 4.78 is 1.61. The summed E-state index contributed by atoms with van der Waals surface area (Å²) >= 11 is 0. The van der Waals surface area contributed by atoms with Crippen molar-refractivity contribution < 1.29 is 4.79 Å². The van der Waals surface area contributed by atoms with E-state index < -0.39 is 6.04 Å². The molecule has 38 heavy (non-hydrogen) atoms. The van der Waals surface area contributed by atoms with Gasteiger partial charge in [-0.15, -0.1) is 0 Å². The largest absolute Gasteiger partial charge is 0.384 e. The van der Waals surface area contributed by atoms with E-state index in [1.807, 2.05) is 43.1 Å². The number of rotatable bonds is 5. The van der Waals surface area contributed by atoms with Crippen LogP contribution in [0.3, 0.4) is 0 Å². The van der Waals surface area contributed by atoms with Crippen LogP contribution in [0.2, 0.25) is 0 Å². The van der Waals surface area contributed by atoms with Crippen molar-refractivity contribution in [1.82, 2.24) is 24.8 Å². The van der Waals surface area contributed by atoms with Gasteiger partial charge in [-0.3, -0.25) is 19.1 Å². The van der Waals surface area contributed by atoms with Crippen molar-refractivity contribution in [3.05, 3.63) is 111 Å². The van der Waals surface area contributed by atoms with Gasteiger partial charge in [0.15, 0.2) is 5.82 Å². The molecule has 1 amide bonds. The minimum Gasteiger partial charge on any atom is -0.384 e. The van der Waals surface area contributed by atoms with Gasteiger partial charge in [-0.25, -0.2) is 9.97 Å². The number of hydrogen-bond donors (Lipinski definition) is 2. The number of carbonyl (C=O) groups excluding carboxylic acids is 1. The minimum absolute atomic E-state index is 0.197. The third-order valence-electron chi connectivity index (χ3n) is 7.65. The molecule has 0 saturated heterocycles. The van der Waals surface area contributed by atoms with Gasteiger partial charge in [-0.2, -0.15) is 0 Å². The predicted molar refractivity (Wildman–Crippen MR) is 145 cm³/mol. The Balaban J connectivity index is 1.32. The molecule has 1 aliphatic heterocycles. The molecule has 0 saturated carbocycles. The SMILES string of the molecule is Cc1nc(N)ccc1CNC(=O)[C@@H]1CCc2cnc(N(C)C3c4ccccc4Cc4cccnc43)c(=O)n21. The van der Waals surface area contributed by atoms with Crippen molar-refractivity contribution in [1.29, 1.82) is 0 Å². The second-order valence-corrected chi connectivity index (χ2v) is 9.94. The summed E-state index contributed by atoms with van der Waals surface area (Å²) in [4.78, 5) is 42.6. The van der Waals surface area contributed by atoms with Crippen LogP contribution < -0.4 is 21.5 Å². The number of nitrogen functional groups attached to an aromatic ring is 1. The summed E-state index contributed by atoms with van der Waals surface area (Å²) in [5.74, 6) is 0.540. The lowest BCUT2D eigenvalue weighted by molar-refractivity contribution is -0.124.